The fourth-order valence-electron chi connectivity index (χ4n) is 2.11. The first-order valence-electron chi connectivity index (χ1n) is 7.56. The van der Waals surface area contributed by atoms with Crippen molar-refractivity contribution in [2.45, 2.75) is 77.9 Å². The highest BCUT2D eigenvalue weighted by Crippen LogP contribution is 2.20. The maximum Gasteiger partial charge on any atom is 0.412 e. The molecule has 0 aliphatic carbocycles. The lowest BCUT2D eigenvalue weighted by Gasteiger charge is -2.38. The van der Waals surface area contributed by atoms with Gasteiger partial charge in [-0.3, -0.25) is 4.90 Å². The second-order valence-electron chi connectivity index (χ2n) is 7.48. The van der Waals surface area contributed by atoms with Gasteiger partial charge >= 0.3 is 12.2 Å². The lowest BCUT2D eigenvalue weighted by Crippen LogP contribution is -2.58. The molecule has 1 aliphatic heterocycles. The lowest BCUT2D eigenvalue weighted by atomic mass is 10.0. The molecule has 0 aromatic heterocycles. The van der Waals surface area contributed by atoms with Gasteiger partial charge in [0.15, 0.2) is 6.23 Å². The number of hydrogen-bond acceptors (Lipinski definition) is 5. The van der Waals surface area contributed by atoms with E-state index in [0.29, 0.717) is 19.4 Å². The van der Waals surface area contributed by atoms with E-state index < -0.39 is 35.7 Å². The molecule has 2 atom stereocenters. The third-order valence-electron chi connectivity index (χ3n) is 2.92. The van der Waals surface area contributed by atoms with Gasteiger partial charge < -0.3 is 19.9 Å². The average molecular weight is 316 g/mol. The van der Waals surface area contributed by atoms with Crippen molar-refractivity contribution in [1.29, 1.82) is 0 Å². The van der Waals surface area contributed by atoms with Gasteiger partial charge in [-0.1, -0.05) is 0 Å². The van der Waals surface area contributed by atoms with Crippen LogP contribution in [0, 0.1) is 0 Å². The Bertz CT molecular complexity index is 411. The SMILES string of the molecule is CC(C)(C)OC(=O)N[C@@H]1CCCN(C(=O)OC(C)(C)C)C1O. The predicted molar refractivity (Wildman–Crippen MR) is 81.3 cm³/mol. The van der Waals surface area contributed by atoms with Crippen LogP contribution >= 0.6 is 0 Å². The van der Waals surface area contributed by atoms with Gasteiger partial charge in [0.1, 0.15) is 11.2 Å². The summed E-state index contributed by atoms with van der Waals surface area (Å²) in [5.41, 5.74) is -1.25. The number of aliphatic hydroxyl groups is 1. The molecule has 7 heteroatoms. The standard InChI is InChI=1S/C15H28N2O5/c1-14(2,3)21-12(19)16-10-8-7-9-17(11(10)18)13(20)22-15(4,5)6/h10-11,18H,7-9H2,1-6H3,(H,16,19)/t10-,11?/m1/s1. The lowest BCUT2D eigenvalue weighted by molar-refractivity contribution is -0.0614. The number of nitrogens with zero attached hydrogens (tertiary/aromatic N) is 1. The summed E-state index contributed by atoms with van der Waals surface area (Å²) in [5, 5.41) is 12.9. The summed E-state index contributed by atoms with van der Waals surface area (Å²) >= 11 is 0. The number of hydrogen-bond donors (Lipinski definition) is 2. The highest BCUT2D eigenvalue weighted by molar-refractivity contribution is 5.70. The Balaban J connectivity index is 2.64. The molecule has 0 spiro atoms. The van der Waals surface area contributed by atoms with Crippen molar-refractivity contribution in [3.8, 4) is 0 Å². The van der Waals surface area contributed by atoms with Crippen LogP contribution in [-0.2, 0) is 9.47 Å². The number of ether oxygens (including phenoxy) is 2. The van der Waals surface area contributed by atoms with Gasteiger partial charge in [-0.2, -0.15) is 0 Å². The zero-order chi connectivity index (χ0) is 17.1. The Kier molecular flexibility index (Phi) is 5.67. The number of aliphatic hydroxyl groups excluding tert-OH is 1. The van der Waals surface area contributed by atoms with E-state index >= 15 is 0 Å². The molecular weight excluding hydrogens is 288 g/mol. The first-order valence-corrected chi connectivity index (χ1v) is 7.56. The molecule has 1 fully saturated rings. The molecule has 128 valence electrons. The Morgan fingerprint density at radius 1 is 1.09 bits per heavy atom. The zero-order valence-corrected chi connectivity index (χ0v) is 14.3. The number of nitrogens with one attached hydrogen (secondary N) is 1. The van der Waals surface area contributed by atoms with Gasteiger partial charge in [0.05, 0.1) is 6.04 Å². The van der Waals surface area contributed by atoms with Gasteiger partial charge in [-0.25, -0.2) is 9.59 Å². The second kappa shape index (κ2) is 6.73. The number of likely N-dealkylation sites (tertiary alicyclic amines) is 1. The average Bonchev–Trinajstić information content (AvgIpc) is 2.26. The van der Waals surface area contributed by atoms with E-state index in [4.69, 9.17) is 9.47 Å². The topological polar surface area (TPSA) is 88.1 Å². The summed E-state index contributed by atoms with van der Waals surface area (Å²) in [4.78, 5) is 25.1. The molecule has 1 unspecified atom stereocenters. The quantitative estimate of drug-likeness (QED) is 0.774. The van der Waals surface area contributed by atoms with Gasteiger partial charge in [0.25, 0.3) is 0 Å². The van der Waals surface area contributed by atoms with Crippen molar-refractivity contribution >= 4 is 12.2 Å². The number of alkyl carbamates (subject to hydrolysis) is 1. The molecule has 0 bridgehead atoms. The Morgan fingerprint density at radius 3 is 2.14 bits per heavy atom. The van der Waals surface area contributed by atoms with Gasteiger partial charge in [0.2, 0.25) is 0 Å². The molecule has 2 amide bonds. The molecule has 0 aromatic rings. The van der Waals surface area contributed by atoms with Crippen LogP contribution < -0.4 is 5.32 Å². The van der Waals surface area contributed by atoms with E-state index in [1.54, 1.807) is 41.5 Å². The van der Waals surface area contributed by atoms with E-state index in [9.17, 15) is 14.7 Å². The van der Waals surface area contributed by atoms with E-state index in [0.717, 1.165) is 0 Å². The molecule has 1 aliphatic rings. The van der Waals surface area contributed by atoms with E-state index in [1.165, 1.54) is 4.90 Å². The Hall–Kier alpha value is -1.50. The second-order valence-corrected chi connectivity index (χ2v) is 7.48. The van der Waals surface area contributed by atoms with Crippen LogP contribution in [0.1, 0.15) is 54.4 Å². The van der Waals surface area contributed by atoms with Crippen LogP contribution in [0.5, 0.6) is 0 Å². The van der Waals surface area contributed by atoms with E-state index in [2.05, 4.69) is 5.32 Å². The van der Waals surface area contributed by atoms with Crippen LogP contribution in [0.3, 0.4) is 0 Å². The Morgan fingerprint density at radius 2 is 1.64 bits per heavy atom. The molecule has 22 heavy (non-hydrogen) atoms. The number of amides is 2. The summed E-state index contributed by atoms with van der Waals surface area (Å²) in [7, 11) is 0. The summed E-state index contributed by atoms with van der Waals surface area (Å²) in [5.74, 6) is 0. The molecule has 2 N–H and O–H groups in total. The summed E-state index contributed by atoms with van der Waals surface area (Å²) in [6.45, 7) is 11.0. The predicted octanol–water partition coefficient (Wildman–Crippen LogP) is 2.23. The first-order chi connectivity index (χ1) is 9.89. The fourth-order valence-corrected chi connectivity index (χ4v) is 2.11. The van der Waals surface area contributed by atoms with E-state index in [-0.39, 0.29) is 0 Å². The van der Waals surface area contributed by atoms with Crippen LogP contribution in [0.25, 0.3) is 0 Å². The number of carbonyl (C=O) groups excluding carboxylic acids is 2. The summed E-state index contributed by atoms with van der Waals surface area (Å²) in [6.07, 6.45) is -1.09. The van der Waals surface area contributed by atoms with Crippen molar-refractivity contribution in [1.82, 2.24) is 10.2 Å². The molecule has 1 saturated heterocycles. The molecule has 7 nitrogen and oxygen atoms in total. The van der Waals surface area contributed by atoms with Crippen molar-refractivity contribution < 1.29 is 24.2 Å². The molecule has 1 heterocycles. The maximum atomic E-state index is 12.1. The molecular formula is C15H28N2O5. The van der Waals surface area contributed by atoms with Crippen LogP contribution in [-0.4, -0.2) is 52.2 Å². The third-order valence-corrected chi connectivity index (χ3v) is 2.92. The minimum atomic E-state index is -1.13. The number of carbonyl (C=O) groups is 2. The van der Waals surface area contributed by atoms with Crippen LogP contribution in [0.15, 0.2) is 0 Å². The number of rotatable bonds is 1. The smallest absolute Gasteiger partial charge is 0.412 e. The molecule has 0 radical (unpaired) electrons. The van der Waals surface area contributed by atoms with Crippen molar-refractivity contribution in [2.24, 2.45) is 0 Å². The Labute approximate surface area is 131 Å². The van der Waals surface area contributed by atoms with Crippen molar-refractivity contribution in [2.75, 3.05) is 6.54 Å². The van der Waals surface area contributed by atoms with Gasteiger partial charge in [-0.05, 0) is 54.4 Å². The monoisotopic (exact) mass is 316 g/mol. The van der Waals surface area contributed by atoms with Crippen molar-refractivity contribution in [3.05, 3.63) is 0 Å². The zero-order valence-electron chi connectivity index (χ0n) is 14.3. The largest absolute Gasteiger partial charge is 0.444 e. The third kappa shape index (κ3) is 6.09. The van der Waals surface area contributed by atoms with E-state index in [1.807, 2.05) is 0 Å². The van der Waals surface area contributed by atoms with Crippen molar-refractivity contribution in [3.63, 3.8) is 0 Å². The summed E-state index contributed by atoms with van der Waals surface area (Å²) in [6, 6.07) is -0.573. The fraction of sp³-hybridized carbons (Fsp3) is 0.867. The molecule has 0 saturated carbocycles. The highest BCUT2D eigenvalue weighted by Gasteiger charge is 2.36. The molecule has 1 rings (SSSR count). The summed E-state index contributed by atoms with van der Waals surface area (Å²) < 4.78 is 10.4. The maximum absolute atomic E-state index is 12.1. The normalized spacial score (nSPS) is 23.0. The number of piperidine rings is 1. The highest BCUT2D eigenvalue weighted by atomic mass is 16.6. The minimum absolute atomic E-state index is 0.391. The first kappa shape index (κ1) is 18.5. The van der Waals surface area contributed by atoms with Crippen LogP contribution in [0.2, 0.25) is 0 Å². The van der Waals surface area contributed by atoms with Gasteiger partial charge in [-0.15, -0.1) is 0 Å². The minimum Gasteiger partial charge on any atom is -0.444 e. The van der Waals surface area contributed by atoms with Crippen LogP contribution in [0.4, 0.5) is 9.59 Å². The van der Waals surface area contributed by atoms with Gasteiger partial charge in [0, 0.05) is 6.54 Å². The molecule has 0 aromatic carbocycles.